The van der Waals surface area contributed by atoms with Gasteiger partial charge in [0.15, 0.2) is 0 Å². The first-order valence-electron chi connectivity index (χ1n) is 13.3. The van der Waals surface area contributed by atoms with Gasteiger partial charge in [0.25, 0.3) is 5.91 Å². The van der Waals surface area contributed by atoms with Crippen molar-refractivity contribution in [1.82, 2.24) is 9.80 Å². The number of piperidine rings is 2. The van der Waals surface area contributed by atoms with Crippen molar-refractivity contribution >= 4 is 33.1 Å². The molecule has 2 aliphatic heterocycles. The van der Waals surface area contributed by atoms with E-state index in [-0.39, 0.29) is 11.7 Å². The van der Waals surface area contributed by atoms with E-state index in [0.29, 0.717) is 28.1 Å². The summed E-state index contributed by atoms with van der Waals surface area (Å²) in [7, 11) is -0.911. The van der Waals surface area contributed by atoms with Crippen LogP contribution in [0.15, 0.2) is 71.1 Å². The summed E-state index contributed by atoms with van der Waals surface area (Å²) in [5.74, 6) is 0.360. The topological polar surface area (TPSA) is 40.6 Å². The number of carbonyl (C=O) groups is 1. The van der Waals surface area contributed by atoms with Gasteiger partial charge in [-0.15, -0.1) is 0 Å². The highest BCUT2D eigenvalue weighted by atomic mass is 32.2. The Morgan fingerprint density at radius 1 is 0.919 bits per heavy atom. The summed E-state index contributed by atoms with van der Waals surface area (Å²) in [6.45, 7) is 7.72. The number of hydrogen-bond donors (Lipinski definition) is 0. The zero-order valence-electron chi connectivity index (χ0n) is 21.7. The first kappa shape index (κ1) is 25.8. The quantitative estimate of drug-likeness (QED) is 0.399. The van der Waals surface area contributed by atoms with Crippen LogP contribution in [0.25, 0.3) is 16.3 Å². The van der Waals surface area contributed by atoms with E-state index < -0.39 is 10.8 Å². The van der Waals surface area contributed by atoms with Crippen LogP contribution < -0.4 is 0 Å². The van der Waals surface area contributed by atoms with Crippen molar-refractivity contribution in [2.75, 3.05) is 31.9 Å². The minimum atomic E-state index is -0.911. The normalized spacial score (nSPS) is 18.2. The number of carbonyl (C=O) groups excluding carboxylic acids is 1. The number of halogens is 1. The molecule has 0 radical (unpaired) electrons. The molecule has 2 saturated heterocycles. The second kappa shape index (κ2) is 11.3. The molecule has 0 aliphatic carbocycles. The molecule has 0 N–H and O–H groups in total. The summed E-state index contributed by atoms with van der Waals surface area (Å²) < 4.78 is 26.3. The summed E-state index contributed by atoms with van der Waals surface area (Å²) in [6.07, 6.45) is 4.07. The number of likely N-dealkylation sites (tertiary alicyclic amines) is 2. The molecule has 6 heteroatoms. The van der Waals surface area contributed by atoms with E-state index in [1.165, 1.54) is 22.8 Å². The molecule has 0 spiro atoms. The molecule has 0 aromatic heterocycles. The summed E-state index contributed by atoms with van der Waals surface area (Å²) in [6, 6.07) is 19.0. The largest absolute Gasteiger partial charge is 0.339 e. The lowest BCUT2D eigenvalue weighted by atomic mass is 9.92. The third-order valence-electron chi connectivity index (χ3n) is 8.11. The zero-order valence-corrected chi connectivity index (χ0v) is 22.5. The summed E-state index contributed by atoms with van der Waals surface area (Å²) in [5.41, 5.74) is 4.67. The van der Waals surface area contributed by atoms with Gasteiger partial charge >= 0.3 is 0 Å². The van der Waals surface area contributed by atoms with Crippen LogP contribution in [0.5, 0.6) is 0 Å². The summed E-state index contributed by atoms with van der Waals surface area (Å²) in [4.78, 5) is 18.7. The minimum Gasteiger partial charge on any atom is -0.339 e. The Morgan fingerprint density at radius 3 is 2.22 bits per heavy atom. The summed E-state index contributed by atoms with van der Waals surface area (Å²) >= 11 is 0. The van der Waals surface area contributed by atoms with Crippen molar-refractivity contribution in [2.45, 2.75) is 50.5 Å². The molecule has 5 rings (SSSR count). The van der Waals surface area contributed by atoms with E-state index in [0.717, 1.165) is 56.8 Å². The van der Waals surface area contributed by atoms with Crippen molar-refractivity contribution < 1.29 is 13.4 Å². The maximum Gasteiger partial charge on any atom is 0.254 e. The van der Waals surface area contributed by atoms with Crippen molar-refractivity contribution in [2.24, 2.45) is 0 Å². The standard InChI is InChI=1S/C31H35FN2O2S/c1-3-37(36)26-10-8-23(9-11-26)22(2)24-14-18-33(19-15-24)25-16-20-34(21-17-25)31(35)29-12-13-30(32)28-7-5-4-6-27(28)29/h4-13,25H,3,14-21H2,1-2H3. The predicted octanol–water partition coefficient (Wildman–Crippen LogP) is 6.28. The van der Waals surface area contributed by atoms with E-state index in [2.05, 4.69) is 24.0 Å². The van der Waals surface area contributed by atoms with Crippen molar-refractivity contribution in [3.05, 3.63) is 83.2 Å². The Labute approximate surface area is 221 Å². The smallest absolute Gasteiger partial charge is 0.254 e. The van der Waals surface area contributed by atoms with E-state index in [9.17, 15) is 13.4 Å². The van der Waals surface area contributed by atoms with Gasteiger partial charge in [-0.3, -0.25) is 13.9 Å². The molecule has 1 amide bonds. The van der Waals surface area contributed by atoms with E-state index >= 15 is 0 Å². The predicted molar refractivity (Wildman–Crippen MR) is 150 cm³/mol. The van der Waals surface area contributed by atoms with Crippen LogP contribution in [0.4, 0.5) is 4.39 Å². The van der Waals surface area contributed by atoms with Gasteiger partial charge in [-0.1, -0.05) is 48.9 Å². The van der Waals surface area contributed by atoms with Crippen LogP contribution in [-0.4, -0.2) is 57.9 Å². The van der Waals surface area contributed by atoms with Crippen LogP contribution in [0.3, 0.4) is 0 Å². The molecule has 2 aliphatic rings. The third-order valence-corrected chi connectivity index (χ3v) is 9.44. The van der Waals surface area contributed by atoms with Gasteiger partial charge in [-0.05, 0) is 73.4 Å². The average Bonchev–Trinajstić information content (AvgIpc) is 2.96. The zero-order chi connectivity index (χ0) is 25.9. The molecule has 0 saturated carbocycles. The molecule has 2 fully saturated rings. The Hall–Kier alpha value is -2.83. The van der Waals surface area contributed by atoms with Gasteiger partial charge in [0.2, 0.25) is 0 Å². The first-order valence-corrected chi connectivity index (χ1v) is 14.7. The highest BCUT2D eigenvalue weighted by molar-refractivity contribution is 7.85. The molecule has 194 valence electrons. The highest BCUT2D eigenvalue weighted by Crippen LogP contribution is 2.30. The minimum absolute atomic E-state index is 0.00271. The van der Waals surface area contributed by atoms with Crippen LogP contribution >= 0.6 is 0 Å². The van der Waals surface area contributed by atoms with Gasteiger partial charge in [0.1, 0.15) is 5.82 Å². The SMILES string of the molecule is CCS(=O)c1ccc(C(C)=C2CCN(C3CCN(C(=O)c4ccc(F)c5ccccc45)CC3)CC2)cc1. The first-order chi connectivity index (χ1) is 18.0. The monoisotopic (exact) mass is 518 g/mol. The molecule has 0 bridgehead atoms. The third kappa shape index (κ3) is 5.41. The van der Waals surface area contributed by atoms with Gasteiger partial charge in [0, 0.05) is 53.8 Å². The molecule has 3 aromatic rings. The number of hydrogen-bond acceptors (Lipinski definition) is 3. The summed E-state index contributed by atoms with van der Waals surface area (Å²) in [5, 5.41) is 1.19. The van der Waals surface area contributed by atoms with Gasteiger partial charge < -0.3 is 4.90 Å². The number of allylic oxidation sites excluding steroid dienone is 1. The van der Waals surface area contributed by atoms with Crippen molar-refractivity contribution in [3.63, 3.8) is 0 Å². The number of amides is 1. The van der Waals surface area contributed by atoms with Crippen LogP contribution in [0.2, 0.25) is 0 Å². The lowest BCUT2D eigenvalue weighted by Gasteiger charge is -2.41. The fraction of sp³-hybridized carbons (Fsp3) is 0.387. The second-order valence-corrected chi connectivity index (χ2v) is 11.8. The van der Waals surface area contributed by atoms with Gasteiger partial charge in [0.05, 0.1) is 10.8 Å². The molecule has 1 atom stereocenters. The van der Waals surface area contributed by atoms with Gasteiger partial charge in [-0.25, -0.2) is 4.39 Å². The highest BCUT2D eigenvalue weighted by Gasteiger charge is 2.29. The Morgan fingerprint density at radius 2 is 1.57 bits per heavy atom. The Balaban J connectivity index is 1.18. The average molecular weight is 519 g/mol. The molecule has 3 aromatic carbocycles. The number of benzene rings is 3. The van der Waals surface area contributed by atoms with Crippen molar-refractivity contribution in [1.29, 1.82) is 0 Å². The van der Waals surface area contributed by atoms with Gasteiger partial charge in [-0.2, -0.15) is 0 Å². The molecular formula is C31H35FN2O2S. The van der Waals surface area contributed by atoms with E-state index in [1.807, 2.05) is 36.1 Å². The van der Waals surface area contributed by atoms with Crippen LogP contribution in [0.1, 0.15) is 55.5 Å². The molecule has 37 heavy (non-hydrogen) atoms. The molecular weight excluding hydrogens is 483 g/mol. The van der Waals surface area contributed by atoms with Crippen LogP contribution in [-0.2, 0) is 10.8 Å². The van der Waals surface area contributed by atoms with E-state index in [4.69, 9.17) is 0 Å². The molecule has 1 unspecified atom stereocenters. The molecule has 4 nitrogen and oxygen atoms in total. The maximum atomic E-state index is 14.2. The maximum absolute atomic E-state index is 14.2. The second-order valence-electron chi connectivity index (χ2n) is 10.1. The van der Waals surface area contributed by atoms with Crippen molar-refractivity contribution in [3.8, 4) is 0 Å². The fourth-order valence-electron chi connectivity index (χ4n) is 5.81. The van der Waals surface area contributed by atoms with Crippen LogP contribution in [0, 0.1) is 5.82 Å². The lowest BCUT2D eigenvalue weighted by Crippen LogP contribution is -2.48. The Kier molecular flexibility index (Phi) is 7.87. The number of nitrogens with zero attached hydrogens (tertiary/aromatic N) is 2. The Bertz CT molecular complexity index is 1330. The van der Waals surface area contributed by atoms with E-state index in [1.54, 1.807) is 18.2 Å². The number of fused-ring (bicyclic) bond motifs is 1. The molecule has 2 heterocycles. The lowest BCUT2D eigenvalue weighted by molar-refractivity contribution is 0.0610. The number of rotatable bonds is 5. The fourth-order valence-corrected chi connectivity index (χ4v) is 6.59.